The van der Waals surface area contributed by atoms with E-state index in [1.54, 1.807) is 12.8 Å². The molecule has 3 aliphatic rings. The third kappa shape index (κ3) is 0.457. The van der Waals surface area contributed by atoms with Crippen LogP contribution in [0.15, 0.2) is 12.2 Å². The quantitative estimate of drug-likeness (QED) is 0.447. The van der Waals surface area contributed by atoms with Gasteiger partial charge in [0.25, 0.3) is 0 Å². The molecule has 2 saturated carbocycles. The number of fused-ring (bicyclic) bond motifs is 3. The molecule has 0 aromatic carbocycles. The molecule has 2 atom stereocenters. The maximum atomic E-state index is 2.49. The van der Waals surface area contributed by atoms with Crippen LogP contribution in [0.4, 0.5) is 0 Å². The van der Waals surface area contributed by atoms with Gasteiger partial charge >= 0.3 is 0 Å². The maximum absolute atomic E-state index is 2.49. The van der Waals surface area contributed by atoms with E-state index in [9.17, 15) is 0 Å². The van der Waals surface area contributed by atoms with Gasteiger partial charge in [0.15, 0.2) is 0 Å². The summed E-state index contributed by atoms with van der Waals surface area (Å²) in [5, 5.41) is 0. The van der Waals surface area contributed by atoms with Crippen LogP contribution in [0, 0.1) is 17.3 Å². The summed E-state index contributed by atoms with van der Waals surface area (Å²) in [6, 6.07) is 0. The lowest BCUT2D eigenvalue weighted by Gasteiger charge is -2.43. The van der Waals surface area contributed by atoms with E-state index in [1.807, 2.05) is 0 Å². The summed E-state index contributed by atoms with van der Waals surface area (Å²) in [6.45, 7) is 0. The Balaban J connectivity index is 1.96. The number of hydrogen-bond donors (Lipinski definition) is 0. The summed E-state index contributed by atoms with van der Waals surface area (Å²) < 4.78 is 0. The summed E-state index contributed by atoms with van der Waals surface area (Å²) in [4.78, 5) is 0. The third-order valence-corrected chi connectivity index (χ3v) is 3.98. The molecule has 1 spiro atoms. The average molecular weight is 134 g/mol. The van der Waals surface area contributed by atoms with Crippen molar-refractivity contribution in [1.82, 2.24) is 0 Å². The number of allylic oxidation sites excluding steroid dienone is 2. The van der Waals surface area contributed by atoms with Crippen LogP contribution >= 0.6 is 0 Å². The zero-order valence-corrected chi connectivity index (χ0v) is 6.34. The Hall–Kier alpha value is -0.260. The predicted molar refractivity (Wildman–Crippen MR) is 41.6 cm³/mol. The highest BCUT2D eigenvalue weighted by atomic mass is 14.6. The summed E-state index contributed by atoms with van der Waals surface area (Å²) in [5.74, 6) is 2.00. The third-order valence-electron chi connectivity index (χ3n) is 3.98. The molecule has 10 heavy (non-hydrogen) atoms. The first-order valence-corrected chi connectivity index (χ1v) is 4.57. The fourth-order valence-corrected chi connectivity index (χ4v) is 3.26. The van der Waals surface area contributed by atoms with Crippen molar-refractivity contribution in [2.24, 2.45) is 17.3 Å². The summed E-state index contributed by atoms with van der Waals surface area (Å²) in [7, 11) is 0. The first kappa shape index (κ1) is 5.40. The Morgan fingerprint density at radius 1 is 1.20 bits per heavy atom. The molecule has 0 heterocycles. The SMILES string of the molecule is C1=CC2CC1CC21CCC1. The Kier molecular flexibility index (Phi) is 0.805. The van der Waals surface area contributed by atoms with Gasteiger partial charge in [-0.3, -0.25) is 0 Å². The van der Waals surface area contributed by atoms with Crippen LogP contribution in [0.2, 0.25) is 0 Å². The van der Waals surface area contributed by atoms with Crippen LogP contribution in [-0.4, -0.2) is 0 Å². The summed E-state index contributed by atoms with van der Waals surface area (Å²) in [6.07, 6.45) is 12.6. The van der Waals surface area contributed by atoms with Gasteiger partial charge in [0, 0.05) is 0 Å². The molecule has 0 N–H and O–H groups in total. The fraction of sp³-hybridized carbons (Fsp3) is 0.800. The zero-order chi connectivity index (χ0) is 6.60. The molecular weight excluding hydrogens is 120 g/mol. The van der Waals surface area contributed by atoms with E-state index in [4.69, 9.17) is 0 Å². The molecule has 2 fully saturated rings. The van der Waals surface area contributed by atoms with Gasteiger partial charge in [-0.25, -0.2) is 0 Å². The molecule has 0 nitrogen and oxygen atoms in total. The van der Waals surface area contributed by atoms with Gasteiger partial charge in [0.05, 0.1) is 0 Å². The molecular formula is C10H14. The fourth-order valence-electron chi connectivity index (χ4n) is 3.26. The van der Waals surface area contributed by atoms with Crippen LogP contribution in [0.25, 0.3) is 0 Å². The smallest absolute Gasteiger partial charge is 0.0171 e. The second kappa shape index (κ2) is 1.49. The largest absolute Gasteiger partial charge is 0.0851 e. The second-order valence-electron chi connectivity index (χ2n) is 4.41. The van der Waals surface area contributed by atoms with E-state index >= 15 is 0 Å². The van der Waals surface area contributed by atoms with Gasteiger partial charge in [-0.2, -0.15) is 0 Å². The molecule has 0 aliphatic heterocycles. The Morgan fingerprint density at radius 3 is 2.40 bits per heavy atom. The van der Waals surface area contributed by atoms with Crippen molar-refractivity contribution in [2.75, 3.05) is 0 Å². The molecule has 3 rings (SSSR count). The van der Waals surface area contributed by atoms with Gasteiger partial charge < -0.3 is 0 Å². The normalized spacial score (nSPS) is 46.4. The minimum atomic E-state index is 0.847. The van der Waals surface area contributed by atoms with E-state index in [0.29, 0.717) is 0 Å². The van der Waals surface area contributed by atoms with E-state index in [0.717, 1.165) is 17.3 Å². The zero-order valence-electron chi connectivity index (χ0n) is 6.34. The van der Waals surface area contributed by atoms with Crippen molar-refractivity contribution in [3.05, 3.63) is 12.2 Å². The lowest BCUT2D eigenvalue weighted by Crippen LogP contribution is -2.33. The lowest BCUT2D eigenvalue weighted by molar-refractivity contribution is 0.0971. The van der Waals surface area contributed by atoms with Gasteiger partial charge in [0.1, 0.15) is 0 Å². The van der Waals surface area contributed by atoms with Crippen LogP contribution in [0.1, 0.15) is 32.1 Å². The molecule has 0 amide bonds. The van der Waals surface area contributed by atoms with Gasteiger partial charge in [-0.05, 0) is 42.9 Å². The van der Waals surface area contributed by atoms with E-state index in [2.05, 4.69) is 12.2 Å². The summed E-state index contributed by atoms with van der Waals surface area (Å²) >= 11 is 0. The highest BCUT2D eigenvalue weighted by Gasteiger charge is 2.51. The van der Waals surface area contributed by atoms with Crippen molar-refractivity contribution in [3.63, 3.8) is 0 Å². The minimum absolute atomic E-state index is 0.847. The Bertz CT molecular complexity index is 186. The predicted octanol–water partition coefficient (Wildman–Crippen LogP) is 2.75. The highest BCUT2D eigenvalue weighted by Crippen LogP contribution is 2.61. The van der Waals surface area contributed by atoms with Crippen LogP contribution in [-0.2, 0) is 0 Å². The first-order valence-electron chi connectivity index (χ1n) is 4.57. The van der Waals surface area contributed by atoms with Crippen molar-refractivity contribution < 1.29 is 0 Å². The Labute approximate surface area is 62.3 Å². The highest BCUT2D eigenvalue weighted by molar-refractivity contribution is 5.17. The molecule has 0 aromatic rings. The Morgan fingerprint density at radius 2 is 2.10 bits per heavy atom. The van der Waals surface area contributed by atoms with Crippen molar-refractivity contribution in [1.29, 1.82) is 0 Å². The standard InChI is InChI=1S/C10H14/c1-4-10(5-1)7-8-2-3-9(10)6-8/h2-3,8-9H,1,4-7H2. The number of hydrogen-bond acceptors (Lipinski definition) is 0. The molecule has 0 aromatic heterocycles. The van der Waals surface area contributed by atoms with E-state index < -0.39 is 0 Å². The minimum Gasteiger partial charge on any atom is -0.0851 e. The van der Waals surface area contributed by atoms with Gasteiger partial charge in [-0.1, -0.05) is 18.6 Å². The van der Waals surface area contributed by atoms with Crippen LogP contribution in [0.5, 0.6) is 0 Å². The summed E-state index contributed by atoms with van der Waals surface area (Å²) in [5.41, 5.74) is 0.847. The molecule has 0 radical (unpaired) electrons. The monoisotopic (exact) mass is 134 g/mol. The first-order chi connectivity index (χ1) is 4.89. The van der Waals surface area contributed by atoms with Crippen LogP contribution < -0.4 is 0 Å². The lowest BCUT2D eigenvalue weighted by atomic mass is 9.61. The van der Waals surface area contributed by atoms with Gasteiger partial charge in [-0.15, -0.1) is 0 Å². The van der Waals surface area contributed by atoms with Crippen molar-refractivity contribution in [3.8, 4) is 0 Å². The molecule has 0 saturated heterocycles. The topological polar surface area (TPSA) is 0 Å². The van der Waals surface area contributed by atoms with Gasteiger partial charge in [0.2, 0.25) is 0 Å². The number of rotatable bonds is 0. The van der Waals surface area contributed by atoms with E-state index in [1.165, 1.54) is 19.3 Å². The maximum Gasteiger partial charge on any atom is -0.0171 e. The molecule has 54 valence electrons. The average Bonchev–Trinajstić information content (AvgIpc) is 2.40. The molecule has 0 heteroatoms. The molecule has 2 unspecified atom stereocenters. The van der Waals surface area contributed by atoms with Crippen molar-refractivity contribution >= 4 is 0 Å². The molecule has 3 aliphatic carbocycles. The second-order valence-corrected chi connectivity index (χ2v) is 4.41. The van der Waals surface area contributed by atoms with Crippen molar-refractivity contribution in [2.45, 2.75) is 32.1 Å². The van der Waals surface area contributed by atoms with E-state index in [-0.39, 0.29) is 0 Å². The molecule has 2 bridgehead atoms. The van der Waals surface area contributed by atoms with Crippen LogP contribution in [0.3, 0.4) is 0 Å².